The summed E-state index contributed by atoms with van der Waals surface area (Å²) in [7, 11) is 0. The Balaban J connectivity index is 4.47. The molecular formula is C10H18O2. The normalized spacial score (nSPS) is 11.2. The number of ketones is 1. The molecule has 0 rings (SSSR count). The maximum atomic E-state index is 11.5. The van der Waals surface area contributed by atoms with Crippen molar-refractivity contribution in [1.29, 1.82) is 0 Å². The molecule has 0 aliphatic carbocycles. The van der Waals surface area contributed by atoms with Gasteiger partial charge in [-0.15, -0.1) is 0 Å². The number of hydrogen-bond donors (Lipinski definition) is 0. The molecule has 0 unspecified atom stereocenters. The van der Waals surface area contributed by atoms with E-state index in [1.165, 1.54) is 0 Å². The predicted octanol–water partition coefficient (Wildman–Crippen LogP) is 2.36. The Hall–Kier alpha value is -0.660. The van der Waals surface area contributed by atoms with Gasteiger partial charge in [-0.2, -0.15) is 0 Å². The third kappa shape index (κ3) is 2.16. The largest absolute Gasteiger partial charge is 0.302 e. The molecule has 70 valence electrons. The van der Waals surface area contributed by atoms with Gasteiger partial charge in [0.25, 0.3) is 0 Å². The van der Waals surface area contributed by atoms with Crippen LogP contribution in [0.3, 0.4) is 0 Å². The first-order chi connectivity index (χ1) is 5.66. The summed E-state index contributed by atoms with van der Waals surface area (Å²) in [4.78, 5) is 22.3. The summed E-state index contributed by atoms with van der Waals surface area (Å²) in [6.07, 6.45) is 3.44. The molecule has 0 saturated carbocycles. The first-order valence-electron chi connectivity index (χ1n) is 4.66. The fourth-order valence-electron chi connectivity index (χ4n) is 1.35. The van der Waals surface area contributed by atoms with E-state index >= 15 is 0 Å². The van der Waals surface area contributed by atoms with Gasteiger partial charge in [-0.05, 0) is 19.3 Å². The van der Waals surface area contributed by atoms with Gasteiger partial charge in [0.2, 0.25) is 0 Å². The maximum Gasteiger partial charge on any atom is 0.146 e. The number of carbonyl (C=O) groups excluding carboxylic acids is 2. The van der Waals surface area contributed by atoms with Crippen LogP contribution in [0, 0.1) is 5.41 Å². The lowest BCUT2D eigenvalue weighted by Gasteiger charge is -2.22. The number of Topliss-reactive ketones (excluding diaryl/α,β-unsaturated/α-hetero) is 1. The van der Waals surface area contributed by atoms with Crippen molar-refractivity contribution in [1.82, 2.24) is 0 Å². The van der Waals surface area contributed by atoms with Crippen molar-refractivity contribution in [3.05, 3.63) is 0 Å². The zero-order valence-electron chi connectivity index (χ0n) is 8.22. The molecule has 0 bridgehead atoms. The molecule has 0 atom stereocenters. The van der Waals surface area contributed by atoms with Crippen LogP contribution in [0.1, 0.15) is 46.5 Å². The van der Waals surface area contributed by atoms with Crippen LogP contribution in [-0.4, -0.2) is 12.1 Å². The summed E-state index contributed by atoms with van der Waals surface area (Å²) in [5.74, 6) is 0.102. The van der Waals surface area contributed by atoms with Crippen LogP contribution in [-0.2, 0) is 9.59 Å². The fourth-order valence-corrected chi connectivity index (χ4v) is 1.35. The second-order valence-electron chi connectivity index (χ2n) is 3.15. The first-order valence-corrected chi connectivity index (χ1v) is 4.66. The van der Waals surface area contributed by atoms with E-state index in [-0.39, 0.29) is 5.78 Å². The van der Waals surface area contributed by atoms with Crippen molar-refractivity contribution in [3.63, 3.8) is 0 Å². The smallest absolute Gasteiger partial charge is 0.146 e. The minimum Gasteiger partial charge on any atom is -0.302 e. The molecule has 0 amide bonds. The van der Waals surface area contributed by atoms with E-state index in [9.17, 15) is 9.59 Å². The third-order valence-electron chi connectivity index (χ3n) is 2.52. The highest BCUT2D eigenvalue weighted by molar-refractivity contribution is 5.97. The Labute approximate surface area is 74.3 Å². The van der Waals surface area contributed by atoms with E-state index in [4.69, 9.17) is 0 Å². The highest BCUT2D eigenvalue weighted by Crippen LogP contribution is 2.26. The third-order valence-corrected chi connectivity index (χ3v) is 2.52. The Morgan fingerprint density at radius 1 is 1.25 bits per heavy atom. The van der Waals surface area contributed by atoms with E-state index in [1.807, 2.05) is 20.8 Å². The van der Waals surface area contributed by atoms with Crippen molar-refractivity contribution in [2.45, 2.75) is 46.5 Å². The van der Waals surface area contributed by atoms with E-state index in [1.54, 1.807) is 0 Å². The summed E-state index contributed by atoms with van der Waals surface area (Å²) in [6, 6.07) is 0. The standard InChI is InChI=1S/C10H18O2/c1-4-7-9(12)10(5-2,6-3)8-11/h8H,4-7H2,1-3H3. The van der Waals surface area contributed by atoms with E-state index in [0.29, 0.717) is 19.3 Å². The zero-order chi connectivity index (χ0) is 9.61. The second kappa shape index (κ2) is 5.07. The van der Waals surface area contributed by atoms with Crippen LogP contribution in [0.4, 0.5) is 0 Å². The van der Waals surface area contributed by atoms with Crippen LogP contribution >= 0.6 is 0 Å². The molecular weight excluding hydrogens is 152 g/mol. The minimum absolute atomic E-state index is 0.102. The SMILES string of the molecule is CCCC(=O)C(C=O)(CC)CC. The average Bonchev–Trinajstić information content (AvgIpc) is 2.09. The summed E-state index contributed by atoms with van der Waals surface area (Å²) in [5, 5.41) is 0. The summed E-state index contributed by atoms with van der Waals surface area (Å²) in [5.41, 5.74) is -0.685. The molecule has 0 aromatic carbocycles. The second-order valence-corrected chi connectivity index (χ2v) is 3.15. The van der Waals surface area contributed by atoms with Gasteiger partial charge in [-0.1, -0.05) is 20.8 Å². The van der Waals surface area contributed by atoms with Gasteiger partial charge in [-0.3, -0.25) is 4.79 Å². The predicted molar refractivity (Wildman–Crippen MR) is 49.0 cm³/mol. The molecule has 0 aromatic rings. The molecule has 0 radical (unpaired) electrons. The van der Waals surface area contributed by atoms with Gasteiger partial charge in [-0.25, -0.2) is 0 Å². The van der Waals surface area contributed by atoms with Crippen LogP contribution < -0.4 is 0 Å². The highest BCUT2D eigenvalue weighted by Gasteiger charge is 2.32. The first kappa shape index (κ1) is 11.3. The molecule has 0 aromatic heterocycles. The zero-order valence-corrected chi connectivity index (χ0v) is 8.22. The van der Waals surface area contributed by atoms with E-state index in [0.717, 1.165) is 12.7 Å². The Bertz CT molecular complexity index is 157. The van der Waals surface area contributed by atoms with Gasteiger partial charge >= 0.3 is 0 Å². The molecule has 2 heteroatoms. The van der Waals surface area contributed by atoms with Crippen molar-refractivity contribution in [2.24, 2.45) is 5.41 Å². The molecule has 2 nitrogen and oxygen atoms in total. The van der Waals surface area contributed by atoms with E-state index < -0.39 is 5.41 Å². The van der Waals surface area contributed by atoms with Crippen molar-refractivity contribution >= 4 is 12.1 Å². The molecule has 0 aliphatic rings. The fraction of sp³-hybridized carbons (Fsp3) is 0.800. The average molecular weight is 170 g/mol. The Kier molecular flexibility index (Phi) is 4.79. The lowest BCUT2D eigenvalue weighted by Crippen LogP contribution is -2.31. The molecule has 0 spiro atoms. The lowest BCUT2D eigenvalue weighted by atomic mass is 9.78. The Morgan fingerprint density at radius 2 is 1.75 bits per heavy atom. The topological polar surface area (TPSA) is 34.1 Å². The van der Waals surface area contributed by atoms with Crippen molar-refractivity contribution < 1.29 is 9.59 Å². The lowest BCUT2D eigenvalue weighted by molar-refractivity contribution is -0.135. The van der Waals surface area contributed by atoms with Crippen LogP contribution in [0.15, 0.2) is 0 Å². The van der Waals surface area contributed by atoms with Crippen LogP contribution in [0.5, 0.6) is 0 Å². The van der Waals surface area contributed by atoms with Crippen LogP contribution in [0.2, 0.25) is 0 Å². The van der Waals surface area contributed by atoms with Gasteiger partial charge < -0.3 is 4.79 Å². The number of hydrogen-bond acceptors (Lipinski definition) is 2. The quantitative estimate of drug-likeness (QED) is 0.453. The molecule has 0 N–H and O–H groups in total. The van der Waals surface area contributed by atoms with E-state index in [2.05, 4.69) is 0 Å². The van der Waals surface area contributed by atoms with Crippen LogP contribution in [0.25, 0.3) is 0 Å². The minimum atomic E-state index is -0.685. The number of rotatable bonds is 6. The molecule has 12 heavy (non-hydrogen) atoms. The summed E-state index contributed by atoms with van der Waals surface area (Å²) in [6.45, 7) is 5.75. The van der Waals surface area contributed by atoms with Gasteiger partial charge in [0.15, 0.2) is 0 Å². The van der Waals surface area contributed by atoms with Gasteiger partial charge in [0.05, 0.1) is 5.41 Å². The van der Waals surface area contributed by atoms with Gasteiger partial charge in [0.1, 0.15) is 12.1 Å². The van der Waals surface area contributed by atoms with Crippen molar-refractivity contribution in [2.75, 3.05) is 0 Å². The monoisotopic (exact) mass is 170 g/mol. The molecule has 0 saturated heterocycles. The number of aldehydes is 1. The molecule has 0 fully saturated rings. The maximum absolute atomic E-state index is 11.5. The van der Waals surface area contributed by atoms with Crippen molar-refractivity contribution in [3.8, 4) is 0 Å². The summed E-state index contributed by atoms with van der Waals surface area (Å²) >= 11 is 0. The molecule has 0 aliphatic heterocycles. The summed E-state index contributed by atoms with van der Waals surface area (Å²) < 4.78 is 0. The van der Waals surface area contributed by atoms with Gasteiger partial charge in [0, 0.05) is 6.42 Å². The number of carbonyl (C=O) groups is 2. The highest BCUT2D eigenvalue weighted by atomic mass is 16.1. The Morgan fingerprint density at radius 3 is 2.00 bits per heavy atom. The molecule has 0 heterocycles.